The number of hydrogen-bond donors (Lipinski definition) is 0. The maximum atomic E-state index is 12.9. The first-order valence-corrected chi connectivity index (χ1v) is 9.39. The Morgan fingerprint density at radius 3 is 2.50 bits per heavy atom. The van der Waals surface area contributed by atoms with E-state index < -0.39 is 10.8 Å². The Balaban J connectivity index is 2.03. The van der Waals surface area contributed by atoms with Gasteiger partial charge in [-0.15, -0.1) is 0 Å². The van der Waals surface area contributed by atoms with Crippen LogP contribution in [0.2, 0.25) is 0 Å². The maximum Gasteiger partial charge on any atom is 0.289 e. The van der Waals surface area contributed by atoms with Crippen molar-refractivity contribution in [1.29, 1.82) is 0 Å². The monoisotopic (exact) mass is 351 g/mol. The minimum absolute atomic E-state index is 0.148. The van der Waals surface area contributed by atoms with Gasteiger partial charge in [-0.05, 0) is 49.7 Å². The van der Waals surface area contributed by atoms with E-state index >= 15 is 0 Å². The molecule has 1 atom stereocenters. The van der Waals surface area contributed by atoms with Crippen molar-refractivity contribution in [3.05, 3.63) is 53.7 Å². The summed E-state index contributed by atoms with van der Waals surface area (Å²) in [5, 5.41) is 0. The second kappa shape index (κ2) is 8.78. The van der Waals surface area contributed by atoms with Crippen molar-refractivity contribution in [3.8, 4) is 0 Å². The highest BCUT2D eigenvalue weighted by atomic mass is 32.2. The zero-order chi connectivity index (χ0) is 17.5. The van der Waals surface area contributed by atoms with Crippen LogP contribution in [0.3, 0.4) is 0 Å². The van der Waals surface area contributed by atoms with Gasteiger partial charge in [0.25, 0.3) is 5.91 Å². The van der Waals surface area contributed by atoms with Gasteiger partial charge in [-0.2, -0.15) is 0 Å². The van der Waals surface area contributed by atoms with Crippen LogP contribution < -0.4 is 0 Å². The predicted molar refractivity (Wildman–Crippen MR) is 91.7 cm³/mol. The third-order valence-electron chi connectivity index (χ3n) is 3.67. The number of rotatable bonds is 8. The zero-order valence-electron chi connectivity index (χ0n) is 14.0. The van der Waals surface area contributed by atoms with E-state index in [9.17, 15) is 13.4 Å². The van der Waals surface area contributed by atoms with Gasteiger partial charge in [0.1, 0.15) is 11.6 Å². The molecule has 0 bridgehead atoms. The van der Waals surface area contributed by atoms with Gasteiger partial charge >= 0.3 is 0 Å². The van der Waals surface area contributed by atoms with Gasteiger partial charge in [-0.1, -0.05) is 13.3 Å². The van der Waals surface area contributed by atoms with Crippen LogP contribution in [0.25, 0.3) is 0 Å². The maximum absolute atomic E-state index is 12.9. The lowest BCUT2D eigenvalue weighted by atomic mass is 10.3. The fourth-order valence-corrected chi connectivity index (χ4v) is 3.30. The van der Waals surface area contributed by atoms with Crippen molar-refractivity contribution in [2.75, 3.05) is 13.1 Å². The normalized spacial score (nSPS) is 12.1. The van der Waals surface area contributed by atoms with E-state index in [1.807, 2.05) is 6.92 Å². The van der Waals surface area contributed by atoms with E-state index in [1.165, 1.54) is 24.3 Å². The first kappa shape index (κ1) is 18.4. The van der Waals surface area contributed by atoms with Crippen molar-refractivity contribution in [2.45, 2.75) is 37.3 Å². The minimum atomic E-state index is -1.35. The fraction of sp³-hybridized carbons (Fsp3) is 0.389. The first-order chi connectivity index (χ1) is 11.5. The molecule has 1 heterocycles. The zero-order valence-corrected chi connectivity index (χ0v) is 14.8. The molecule has 1 aromatic heterocycles. The highest BCUT2D eigenvalue weighted by Crippen LogP contribution is 2.17. The molecule has 130 valence electrons. The van der Waals surface area contributed by atoms with Crippen molar-refractivity contribution in [1.82, 2.24) is 4.90 Å². The number of furan rings is 1. The van der Waals surface area contributed by atoms with Crippen LogP contribution in [-0.2, 0) is 16.6 Å². The van der Waals surface area contributed by atoms with Crippen LogP contribution >= 0.6 is 0 Å². The lowest BCUT2D eigenvalue weighted by molar-refractivity contribution is 0.0729. The van der Waals surface area contributed by atoms with Crippen LogP contribution in [0.5, 0.6) is 0 Å². The number of carbonyl (C=O) groups is 1. The molecular formula is C18H22FNO3S. The highest BCUT2D eigenvalue weighted by molar-refractivity contribution is 7.84. The molecule has 1 aromatic carbocycles. The summed E-state index contributed by atoms with van der Waals surface area (Å²) in [6.45, 7) is 5.33. The molecule has 0 aliphatic rings. The smallest absolute Gasteiger partial charge is 0.289 e. The first-order valence-electron chi connectivity index (χ1n) is 8.07. The molecule has 0 saturated carbocycles. The average molecular weight is 351 g/mol. The number of unbranched alkanes of at least 4 members (excludes halogenated alkanes) is 1. The fourth-order valence-electron chi connectivity index (χ4n) is 2.28. The molecule has 4 nitrogen and oxygen atoms in total. The van der Waals surface area contributed by atoms with E-state index in [2.05, 4.69) is 6.92 Å². The molecule has 0 aliphatic carbocycles. The largest absolute Gasteiger partial charge is 0.455 e. The van der Waals surface area contributed by atoms with Crippen molar-refractivity contribution < 1.29 is 17.8 Å². The number of nitrogens with zero attached hydrogens (tertiary/aromatic N) is 1. The summed E-state index contributed by atoms with van der Waals surface area (Å²) in [4.78, 5) is 14.7. The number of carbonyl (C=O) groups excluding carboxylic acids is 1. The SMILES string of the molecule is CCCCN(CC)C(=O)c1ccc(C[S@](=O)c2ccc(F)cc2)o1. The molecule has 2 rings (SSSR count). The van der Waals surface area contributed by atoms with Crippen LogP contribution in [-0.4, -0.2) is 28.1 Å². The van der Waals surface area contributed by atoms with Crippen LogP contribution in [0.4, 0.5) is 4.39 Å². The molecule has 0 radical (unpaired) electrons. The molecular weight excluding hydrogens is 329 g/mol. The van der Waals surface area contributed by atoms with Gasteiger partial charge in [-0.25, -0.2) is 4.39 Å². The Kier molecular flexibility index (Phi) is 6.73. The minimum Gasteiger partial charge on any atom is -0.455 e. The summed E-state index contributed by atoms with van der Waals surface area (Å²) in [5.41, 5.74) is 0. The number of halogens is 1. The summed E-state index contributed by atoms with van der Waals surface area (Å²) in [7, 11) is -1.35. The van der Waals surface area contributed by atoms with Crippen LogP contribution in [0, 0.1) is 5.82 Å². The van der Waals surface area contributed by atoms with Gasteiger partial charge < -0.3 is 9.32 Å². The summed E-state index contributed by atoms with van der Waals surface area (Å²) >= 11 is 0. The van der Waals surface area contributed by atoms with Crippen molar-refractivity contribution in [3.63, 3.8) is 0 Å². The molecule has 0 unspecified atom stereocenters. The molecule has 0 aliphatic heterocycles. The Morgan fingerprint density at radius 1 is 1.17 bits per heavy atom. The van der Waals surface area contributed by atoms with E-state index in [0.29, 0.717) is 23.7 Å². The molecule has 0 fully saturated rings. The van der Waals surface area contributed by atoms with Gasteiger partial charge in [0.05, 0.1) is 16.6 Å². The summed E-state index contributed by atoms with van der Waals surface area (Å²) in [6.07, 6.45) is 1.96. The Labute approximate surface area is 144 Å². The number of hydrogen-bond acceptors (Lipinski definition) is 3. The predicted octanol–water partition coefficient (Wildman–Crippen LogP) is 3.99. The molecule has 0 spiro atoms. The average Bonchev–Trinajstić information content (AvgIpc) is 3.04. The Hall–Kier alpha value is -1.95. The van der Waals surface area contributed by atoms with Gasteiger partial charge in [0.15, 0.2) is 5.76 Å². The topological polar surface area (TPSA) is 50.5 Å². The molecule has 0 saturated heterocycles. The summed E-state index contributed by atoms with van der Waals surface area (Å²) < 4.78 is 30.7. The molecule has 1 amide bonds. The van der Waals surface area contributed by atoms with E-state index in [0.717, 1.165) is 12.8 Å². The van der Waals surface area contributed by atoms with Gasteiger partial charge in [-0.3, -0.25) is 9.00 Å². The van der Waals surface area contributed by atoms with E-state index in [1.54, 1.807) is 17.0 Å². The number of amides is 1. The summed E-state index contributed by atoms with van der Waals surface area (Å²) in [6, 6.07) is 8.82. The van der Waals surface area contributed by atoms with Gasteiger partial charge in [0, 0.05) is 18.0 Å². The van der Waals surface area contributed by atoms with Crippen LogP contribution in [0.1, 0.15) is 43.0 Å². The molecule has 24 heavy (non-hydrogen) atoms. The second-order valence-corrected chi connectivity index (χ2v) is 6.90. The van der Waals surface area contributed by atoms with Crippen molar-refractivity contribution >= 4 is 16.7 Å². The summed E-state index contributed by atoms with van der Waals surface area (Å²) in [5.74, 6) is 0.379. The third kappa shape index (κ3) is 4.77. The Morgan fingerprint density at radius 2 is 1.88 bits per heavy atom. The standard InChI is InChI=1S/C18H22FNO3S/c1-3-5-12-20(4-2)18(21)17-11-8-15(23-17)13-24(22)16-9-6-14(19)7-10-16/h6-11H,3-5,12-13H2,1-2H3/t24-/m0/s1. The van der Waals surface area contributed by atoms with E-state index in [4.69, 9.17) is 4.42 Å². The quantitative estimate of drug-likeness (QED) is 0.722. The van der Waals surface area contributed by atoms with E-state index in [-0.39, 0.29) is 23.2 Å². The molecule has 6 heteroatoms. The van der Waals surface area contributed by atoms with Gasteiger partial charge in [0.2, 0.25) is 0 Å². The lowest BCUT2D eigenvalue weighted by Gasteiger charge is -2.19. The third-order valence-corrected chi connectivity index (χ3v) is 5.02. The second-order valence-electron chi connectivity index (χ2n) is 5.45. The molecule has 0 N–H and O–H groups in total. The lowest BCUT2D eigenvalue weighted by Crippen LogP contribution is -2.31. The number of benzene rings is 1. The molecule has 2 aromatic rings. The van der Waals surface area contributed by atoms with Crippen molar-refractivity contribution in [2.24, 2.45) is 0 Å². The highest BCUT2D eigenvalue weighted by Gasteiger charge is 2.18. The van der Waals surface area contributed by atoms with Crippen LogP contribution in [0.15, 0.2) is 45.7 Å². The Bertz CT molecular complexity index is 697.